The maximum absolute atomic E-state index is 5.90. The van der Waals surface area contributed by atoms with E-state index in [0.717, 1.165) is 43.6 Å². The zero-order valence-electron chi connectivity index (χ0n) is 16.3. The maximum Gasteiger partial charge on any atom is 0.0736 e. The van der Waals surface area contributed by atoms with Crippen molar-refractivity contribution in [3.63, 3.8) is 0 Å². The van der Waals surface area contributed by atoms with E-state index in [9.17, 15) is 0 Å². The molecule has 1 heterocycles. The minimum atomic E-state index is 0.688. The lowest BCUT2D eigenvalue weighted by Gasteiger charge is -2.19. The molecule has 4 aromatic rings. The van der Waals surface area contributed by atoms with Gasteiger partial charge in [-0.1, -0.05) is 49.4 Å². The largest absolute Gasteiger partial charge is 0.384 e. The van der Waals surface area contributed by atoms with E-state index in [4.69, 9.17) is 16.6 Å². The predicted molar refractivity (Wildman–Crippen MR) is 123 cm³/mol. The highest BCUT2D eigenvalue weighted by atomic mass is 35.5. The fourth-order valence-corrected chi connectivity index (χ4v) is 4.07. The summed E-state index contributed by atoms with van der Waals surface area (Å²) in [6.45, 7) is 6.16. The molecule has 0 spiro atoms. The molecule has 3 nitrogen and oxygen atoms in total. The second-order valence-electron chi connectivity index (χ2n) is 7.12. The average Bonchev–Trinajstić information content (AvgIpc) is 2.73. The number of para-hydroxylation sites is 1. The molecule has 4 rings (SSSR count). The van der Waals surface area contributed by atoms with Crippen molar-refractivity contribution in [1.29, 1.82) is 0 Å². The molecular formula is C24H26ClN3. The number of rotatable bonds is 8. The molecule has 0 aliphatic rings. The molecule has 0 fully saturated rings. The van der Waals surface area contributed by atoms with Gasteiger partial charge in [0.05, 0.1) is 16.7 Å². The van der Waals surface area contributed by atoms with E-state index < -0.39 is 0 Å². The Morgan fingerprint density at radius 2 is 1.64 bits per heavy atom. The molecule has 0 radical (unpaired) electrons. The van der Waals surface area contributed by atoms with Crippen molar-refractivity contribution in [2.75, 3.05) is 37.4 Å². The molecular weight excluding hydrogens is 366 g/mol. The lowest BCUT2D eigenvalue weighted by molar-refractivity contribution is 0.304. The van der Waals surface area contributed by atoms with E-state index in [1.54, 1.807) is 0 Å². The summed E-state index contributed by atoms with van der Waals surface area (Å²) in [6.07, 6.45) is 1.08. The Balaban J connectivity index is 1.68. The highest BCUT2D eigenvalue weighted by Gasteiger charge is 2.10. The van der Waals surface area contributed by atoms with Gasteiger partial charge in [-0.25, -0.2) is 4.98 Å². The second kappa shape index (κ2) is 8.76. The maximum atomic E-state index is 5.90. The van der Waals surface area contributed by atoms with Crippen LogP contribution in [0.5, 0.6) is 0 Å². The SMILES string of the molecule is CCN(CCCl)CCCNc1c2ccccc2nc2cc3ccccc3cc12. The van der Waals surface area contributed by atoms with Gasteiger partial charge in [0.2, 0.25) is 0 Å². The van der Waals surface area contributed by atoms with Gasteiger partial charge in [0.15, 0.2) is 0 Å². The summed E-state index contributed by atoms with van der Waals surface area (Å²) in [5, 5.41) is 8.55. The first-order valence-corrected chi connectivity index (χ1v) is 10.6. The van der Waals surface area contributed by atoms with Gasteiger partial charge < -0.3 is 10.2 Å². The zero-order chi connectivity index (χ0) is 19.3. The number of hydrogen-bond donors (Lipinski definition) is 1. The quantitative estimate of drug-likeness (QED) is 0.230. The van der Waals surface area contributed by atoms with Crippen LogP contribution in [0.2, 0.25) is 0 Å². The van der Waals surface area contributed by atoms with Crippen LogP contribution < -0.4 is 5.32 Å². The molecule has 144 valence electrons. The van der Waals surface area contributed by atoms with Crippen molar-refractivity contribution in [2.45, 2.75) is 13.3 Å². The summed E-state index contributed by atoms with van der Waals surface area (Å²) in [5.41, 5.74) is 3.26. The highest BCUT2D eigenvalue weighted by Crippen LogP contribution is 2.33. The van der Waals surface area contributed by atoms with Crippen LogP contribution in [-0.2, 0) is 0 Å². The molecule has 1 aromatic heterocycles. The van der Waals surface area contributed by atoms with Crippen molar-refractivity contribution < 1.29 is 0 Å². The zero-order valence-corrected chi connectivity index (χ0v) is 17.0. The molecule has 3 aromatic carbocycles. The second-order valence-corrected chi connectivity index (χ2v) is 7.50. The number of anilines is 1. The Hall–Kier alpha value is -2.36. The Morgan fingerprint density at radius 3 is 2.43 bits per heavy atom. The smallest absolute Gasteiger partial charge is 0.0736 e. The Kier molecular flexibility index (Phi) is 5.94. The molecule has 28 heavy (non-hydrogen) atoms. The third-order valence-electron chi connectivity index (χ3n) is 5.35. The van der Waals surface area contributed by atoms with Crippen molar-refractivity contribution in [3.05, 3.63) is 60.7 Å². The van der Waals surface area contributed by atoms with Gasteiger partial charge in [0, 0.05) is 29.7 Å². The van der Waals surface area contributed by atoms with Crippen molar-refractivity contribution >= 4 is 49.9 Å². The van der Waals surface area contributed by atoms with E-state index in [-0.39, 0.29) is 0 Å². The molecule has 0 unspecified atom stereocenters. The van der Waals surface area contributed by atoms with E-state index in [1.165, 1.54) is 27.2 Å². The topological polar surface area (TPSA) is 28.2 Å². The number of alkyl halides is 1. The Bertz CT molecular complexity index is 1090. The van der Waals surface area contributed by atoms with Crippen LogP contribution in [-0.4, -0.2) is 41.9 Å². The standard InChI is InChI=1S/C24H26ClN3/c1-2-28(15-12-25)14-7-13-26-24-20-10-5-6-11-22(20)27-23-17-19-9-4-3-8-18(19)16-21(23)24/h3-6,8-11,16-17H,2,7,12-15H2,1H3,(H,26,27). The summed E-state index contributed by atoms with van der Waals surface area (Å²) >= 11 is 5.90. The van der Waals surface area contributed by atoms with Crippen molar-refractivity contribution in [1.82, 2.24) is 9.88 Å². The highest BCUT2D eigenvalue weighted by molar-refractivity contribution is 6.18. The van der Waals surface area contributed by atoms with Crippen molar-refractivity contribution in [2.24, 2.45) is 0 Å². The fourth-order valence-electron chi connectivity index (χ4n) is 3.83. The lowest BCUT2D eigenvalue weighted by Crippen LogP contribution is -2.27. The first-order valence-electron chi connectivity index (χ1n) is 10.0. The minimum Gasteiger partial charge on any atom is -0.384 e. The first kappa shape index (κ1) is 19.0. The summed E-state index contributed by atoms with van der Waals surface area (Å²) in [7, 11) is 0. The Morgan fingerprint density at radius 1 is 0.893 bits per heavy atom. The van der Waals surface area contributed by atoms with Crippen LogP contribution in [0.3, 0.4) is 0 Å². The van der Waals surface area contributed by atoms with E-state index in [2.05, 4.69) is 77.8 Å². The molecule has 0 bridgehead atoms. The number of hydrogen-bond acceptors (Lipinski definition) is 3. The van der Waals surface area contributed by atoms with Crippen LogP contribution in [0.4, 0.5) is 5.69 Å². The van der Waals surface area contributed by atoms with Gasteiger partial charge in [-0.3, -0.25) is 0 Å². The number of pyridine rings is 1. The Labute approximate surface area is 171 Å². The van der Waals surface area contributed by atoms with E-state index >= 15 is 0 Å². The number of nitrogens with zero attached hydrogens (tertiary/aromatic N) is 2. The van der Waals surface area contributed by atoms with Crippen LogP contribution in [0.15, 0.2) is 60.7 Å². The molecule has 0 aliphatic carbocycles. The number of halogens is 1. The van der Waals surface area contributed by atoms with Gasteiger partial charge in [-0.2, -0.15) is 0 Å². The molecule has 0 aliphatic heterocycles. The number of fused-ring (bicyclic) bond motifs is 3. The molecule has 0 saturated heterocycles. The van der Waals surface area contributed by atoms with Crippen LogP contribution >= 0.6 is 11.6 Å². The molecule has 1 N–H and O–H groups in total. The van der Waals surface area contributed by atoms with Crippen LogP contribution in [0.1, 0.15) is 13.3 Å². The molecule has 0 atom stereocenters. The minimum absolute atomic E-state index is 0.688. The third-order valence-corrected chi connectivity index (χ3v) is 5.52. The number of nitrogens with one attached hydrogen (secondary N) is 1. The summed E-state index contributed by atoms with van der Waals surface area (Å²) in [6, 6.07) is 21.3. The molecule has 0 saturated carbocycles. The van der Waals surface area contributed by atoms with Crippen LogP contribution in [0.25, 0.3) is 32.6 Å². The van der Waals surface area contributed by atoms with Gasteiger partial charge in [0.1, 0.15) is 0 Å². The fraction of sp³-hybridized carbons (Fsp3) is 0.292. The van der Waals surface area contributed by atoms with E-state index in [1.807, 2.05) is 0 Å². The molecule has 0 amide bonds. The van der Waals surface area contributed by atoms with Crippen molar-refractivity contribution in [3.8, 4) is 0 Å². The number of aromatic nitrogens is 1. The van der Waals surface area contributed by atoms with Gasteiger partial charge in [-0.05, 0) is 48.5 Å². The van der Waals surface area contributed by atoms with Crippen LogP contribution in [0, 0.1) is 0 Å². The monoisotopic (exact) mass is 391 g/mol. The predicted octanol–water partition coefficient (Wildman–Crippen LogP) is 5.90. The van der Waals surface area contributed by atoms with Gasteiger partial charge in [0.25, 0.3) is 0 Å². The number of benzene rings is 3. The molecule has 4 heteroatoms. The van der Waals surface area contributed by atoms with Gasteiger partial charge in [-0.15, -0.1) is 11.6 Å². The normalized spacial score (nSPS) is 11.7. The summed E-state index contributed by atoms with van der Waals surface area (Å²) in [4.78, 5) is 7.31. The van der Waals surface area contributed by atoms with E-state index in [0.29, 0.717) is 5.88 Å². The lowest BCUT2D eigenvalue weighted by atomic mass is 10.0. The summed E-state index contributed by atoms with van der Waals surface area (Å²) < 4.78 is 0. The average molecular weight is 392 g/mol. The summed E-state index contributed by atoms with van der Waals surface area (Å²) in [5.74, 6) is 0.688. The van der Waals surface area contributed by atoms with Gasteiger partial charge >= 0.3 is 0 Å². The third kappa shape index (κ3) is 3.91. The first-order chi connectivity index (χ1) is 13.8.